The van der Waals surface area contributed by atoms with Crippen molar-refractivity contribution in [2.45, 2.75) is 33.2 Å². The second-order valence-electron chi connectivity index (χ2n) is 3.40. The Bertz CT molecular complexity index is 312. The van der Waals surface area contributed by atoms with Gasteiger partial charge in [0.15, 0.2) is 0 Å². The maximum Gasteiger partial charge on any atom is 0.129 e. The maximum atomic E-state index is 4.24. The summed E-state index contributed by atoms with van der Waals surface area (Å²) in [4.78, 5) is 4.15. The van der Waals surface area contributed by atoms with Crippen LogP contribution in [0.25, 0.3) is 0 Å². The van der Waals surface area contributed by atoms with Gasteiger partial charge in [-0.15, -0.1) is 0 Å². The summed E-state index contributed by atoms with van der Waals surface area (Å²) in [5, 5.41) is 7.50. The first-order valence-corrected chi connectivity index (χ1v) is 4.95. The normalized spacial score (nSPS) is 12.2. The number of rotatable bonds is 3. The Morgan fingerprint density at radius 2 is 2.36 bits per heavy atom. The SMILES string of the molecule is CCC(=NC)Nc1ccnn1C(C)C. The third-order valence-electron chi connectivity index (χ3n) is 2.04. The van der Waals surface area contributed by atoms with E-state index in [0.29, 0.717) is 6.04 Å². The van der Waals surface area contributed by atoms with Gasteiger partial charge in [-0.05, 0) is 13.8 Å². The average Bonchev–Trinajstić information content (AvgIpc) is 2.62. The number of nitrogens with one attached hydrogen (secondary N) is 1. The third kappa shape index (κ3) is 2.34. The highest BCUT2D eigenvalue weighted by Gasteiger charge is 2.06. The van der Waals surface area contributed by atoms with Crippen LogP contribution in [0.5, 0.6) is 0 Å². The van der Waals surface area contributed by atoms with Gasteiger partial charge in [0.05, 0.1) is 6.20 Å². The Labute approximate surface area is 85.0 Å². The van der Waals surface area contributed by atoms with Gasteiger partial charge < -0.3 is 5.32 Å². The lowest BCUT2D eigenvalue weighted by atomic mass is 10.4. The van der Waals surface area contributed by atoms with Crippen LogP contribution in [0.2, 0.25) is 0 Å². The molecule has 4 nitrogen and oxygen atoms in total. The number of nitrogens with zero attached hydrogens (tertiary/aromatic N) is 3. The van der Waals surface area contributed by atoms with Crippen LogP contribution in [0.15, 0.2) is 17.3 Å². The molecule has 0 saturated carbocycles. The lowest BCUT2D eigenvalue weighted by Crippen LogP contribution is -2.15. The molecule has 4 heteroatoms. The average molecular weight is 194 g/mol. The van der Waals surface area contributed by atoms with Gasteiger partial charge in [-0.3, -0.25) is 4.99 Å². The molecule has 1 heterocycles. The van der Waals surface area contributed by atoms with Gasteiger partial charge >= 0.3 is 0 Å². The molecule has 0 bridgehead atoms. The van der Waals surface area contributed by atoms with Crippen LogP contribution in [-0.2, 0) is 0 Å². The van der Waals surface area contributed by atoms with E-state index < -0.39 is 0 Å². The minimum atomic E-state index is 0.363. The largest absolute Gasteiger partial charge is 0.329 e. The topological polar surface area (TPSA) is 42.2 Å². The van der Waals surface area contributed by atoms with Crippen LogP contribution in [-0.4, -0.2) is 22.7 Å². The molecule has 0 saturated heterocycles. The molecule has 78 valence electrons. The van der Waals surface area contributed by atoms with E-state index in [0.717, 1.165) is 18.1 Å². The highest BCUT2D eigenvalue weighted by Crippen LogP contribution is 2.13. The number of aromatic nitrogens is 2. The summed E-state index contributed by atoms with van der Waals surface area (Å²) in [7, 11) is 1.79. The molecule has 1 rings (SSSR count). The molecule has 0 unspecified atom stereocenters. The Kier molecular flexibility index (Phi) is 3.68. The molecule has 0 atom stereocenters. The summed E-state index contributed by atoms with van der Waals surface area (Å²) >= 11 is 0. The van der Waals surface area contributed by atoms with Gasteiger partial charge in [0.25, 0.3) is 0 Å². The molecular weight excluding hydrogens is 176 g/mol. The van der Waals surface area contributed by atoms with Crippen molar-refractivity contribution in [2.24, 2.45) is 4.99 Å². The van der Waals surface area contributed by atoms with Crippen molar-refractivity contribution in [2.75, 3.05) is 12.4 Å². The van der Waals surface area contributed by atoms with Crippen molar-refractivity contribution in [1.29, 1.82) is 0 Å². The van der Waals surface area contributed by atoms with Crippen molar-refractivity contribution in [3.05, 3.63) is 12.3 Å². The molecule has 0 aliphatic carbocycles. The monoisotopic (exact) mass is 194 g/mol. The van der Waals surface area contributed by atoms with E-state index >= 15 is 0 Å². The minimum absolute atomic E-state index is 0.363. The number of hydrogen-bond acceptors (Lipinski definition) is 2. The molecule has 0 spiro atoms. The summed E-state index contributed by atoms with van der Waals surface area (Å²) in [6.45, 7) is 6.28. The molecule has 1 aromatic rings. The van der Waals surface area contributed by atoms with Crippen molar-refractivity contribution in [1.82, 2.24) is 9.78 Å². The number of anilines is 1. The quantitative estimate of drug-likeness (QED) is 0.592. The highest BCUT2D eigenvalue weighted by atomic mass is 15.3. The molecular formula is C10H18N4. The summed E-state index contributed by atoms with van der Waals surface area (Å²) in [6, 6.07) is 2.32. The fourth-order valence-corrected chi connectivity index (χ4v) is 1.28. The van der Waals surface area contributed by atoms with Crippen LogP contribution in [0, 0.1) is 0 Å². The first-order valence-electron chi connectivity index (χ1n) is 4.95. The minimum Gasteiger partial charge on any atom is -0.329 e. The number of aliphatic imine (C=N–C) groups is 1. The van der Waals surface area contributed by atoms with Gasteiger partial charge in [0.2, 0.25) is 0 Å². The van der Waals surface area contributed by atoms with E-state index in [1.165, 1.54) is 0 Å². The molecule has 0 aliphatic heterocycles. The van der Waals surface area contributed by atoms with E-state index in [4.69, 9.17) is 0 Å². The zero-order valence-corrected chi connectivity index (χ0v) is 9.28. The van der Waals surface area contributed by atoms with Gasteiger partial charge in [-0.2, -0.15) is 5.10 Å². The Balaban J connectivity index is 2.81. The van der Waals surface area contributed by atoms with Crippen LogP contribution in [0.3, 0.4) is 0 Å². The summed E-state index contributed by atoms with van der Waals surface area (Å²) in [6.07, 6.45) is 2.70. The molecule has 0 aliphatic rings. The standard InChI is InChI=1S/C10H18N4/c1-5-9(11-4)13-10-6-7-12-14(10)8(2)3/h6-8H,5H2,1-4H3,(H,11,13). The summed E-state index contributed by atoms with van der Waals surface area (Å²) in [5.74, 6) is 1.98. The second-order valence-corrected chi connectivity index (χ2v) is 3.40. The molecule has 0 fully saturated rings. The van der Waals surface area contributed by atoms with E-state index in [1.807, 2.05) is 10.7 Å². The van der Waals surface area contributed by atoms with Crippen molar-refractivity contribution in [3.63, 3.8) is 0 Å². The predicted octanol–water partition coefficient (Wildman–Crippen LogP) is 2.31. The van der Waals surface area contributed by atoms with Gasteiger partial charge in [0, 0.05) is 25.6 Å². The van der Waals surface area contributed by atoms with Gasteiger partial charge in [0.1, 0.15) is 11.7 Å². The van der Waals surface area contributed by atoms with Crippen LogP contribution >= 0.6 is 0 Å². The zero-order chi connectivity index (χ0) is 10.6. The van der Waals surface area contributed by atoms with Crippen LogP contribution in [0.1, 0.15) is 33.2 Å². The van der Waals surface area contributed by atoms with E-state index in [9.17, 15) is 0 Å². The van der Waals surface area contributed by atoms with Crippen molar-refractivity contribution < 1.29 is 0 Å². The first-order chi connectivity index (χ1) is 6.69. The first kappa shape index (κ1) is 10.8. The number of hydrogen-bond donors (Lipinski definition) is 1. The molecule has 0 aromatic carbocycles. The molecule has 0 radical (unpaired) electrons. The van der Waals surface area contributed by atoms with E-state index in [2.05, 4.69) is 36.2 Å². The Morgan fingerprint density at radius 3 is 2.86 bits per heavy atom. The molecule has 14 heavy (non-hydrogen) atoms. The number of amidine groups is 1. The fraction of sp³-hybridized carbons (Fsp3) is 0.600. The second kappa shape index (κ2) is 4.79. The zero-order valence-electron chi connectivity index (χ0n) is 9.28. The van der Waals surface area contributed by atoms with Gasteiger partial charge in [-0.25, -0.2) is 4.68 Å². The Morgan fingerprint density at radius 1 is 1.64 bits per heavy atom. The van der Waals surface area contributed by atoms with Gasteiger partial charge in [-0.1, -0.05) is 6.92 Å². The molecule has 0 amide bonds. The smallest absolute Gasteiger partial charge is 0.129 e. The Hall–Kier alpha value is -1.32. The molecule has 1 N–H and O–H groups in total. The van der Waals surface area contributed by atoms with E-state index in [1.54, 1.807) is 13.2 Å². The van der Waals surface area contributed by atoms with Crippen molar-refractivity contribution in [3.8, 4) is 0 Å². The predicted molar refractivity (Wildman–Crippen MR) is 59.9 cm³/mol. The molecule has 1 aromatic heterocycles. The highest BCUT2D eigenvalue weighted by molar-refractivity contribution is 5.94. The van der Waals surface area contributed by atoms with Crippen LogP contribution < -0.4 is 5.32 Å². The van der Waals surface area contributed by atoms with Crippen LogP contribution in [0.4, 0.5) is 5.82 Å². The lowest BCUT2D eigenvalue weighted by Gasteiger charge is -2.12. The maximum absolute atomic E-state index is 4.24. The lowest BCUT2D eigenvalue weighted by molar-refractivity contribution is 0.540. The summed E-state index contributed by atoms with van der Waals surface area (Å²) in [5.41, 5.74) is 0. The van der Waals surface area contributed by atoms with E-state index in [-0.39, 0.29) is 0 Å². The fourth-order valence-electron chi connectivity index (χ4n) is 1.28. The third-order valence-corrected chi connectivity index (χ3v) is 2.04. The summed E-state index contributed by atoms with van der Waals surface area (Å²) < 4.78 is 1.95. The van der Waals surface area contributed by atoms with Crippen molar-refractivity contribution >= 4 is 11.7 Å².